The lowest BCUT2D eigenvalue weighted by molar-refractivity contribution is -0.133. The Morgan fingerprint density at radius 3 is 2.08 bits per heavy atom. The van der Waals surface area contributed by atoms with E-state index < -0.39 is 18.0 Å². The van der Waals surface area contributed by atoms with Crippen LogP contribution in [0.1, 0.15) is 30.6 Å². The van der Waals surface area contributed by atoms with Crippen LogP contribution in [0.3, 0.4) is 0 Å². The van der Waals surface area contributed by atoms with Crippen LogP contribution in [0.25, 0.3) is 0 Å². The van der Waals surface area contributed by atoms with Gasteiger partial charge in [-0.25, -0.2) is 0 Å². The summed E-state index contributed by atoms with van der Waals surface area (Å²) < 4.78 is 45.3. The van der Waals surface area contributed by atoms with E-state index in [0.717, 1.165) is 5.56 Å². The Balaban J connectivity index is 2.39. The number of halogens is 3. The zero-order valence-electron chi connectivity index (χ0n) is 14.0. The van der Waals surface area contributed by atoms with Crippen molar-refractivity contribution in [3.8, 4) is 0 Å². The smallest absolute Gasteiger partial charge is 0.448 e. The Labute approximate surface area is 145 Å². The second kappa shape index (κ2) is 8.72. The van der Waals surface area contributed by atoms with Gasteiger partial charge in [-0.1, -0.05) is 60.7 Å². The van der Waals surface area contributed by atoms with Crippen LogP contribution in [0.15, 0.2) is 72.0 Å². The van der Waals surface area contributed by atoms with Crippen LogP contribution < -0.4 is 0 Å². The first kappa shape index (κ1) is 19.1. The molecule has 0 aliphatic carbocycles. The third-order valence-corrected chi connectivity index (χ3v) is 3.81. The maximum Gasteiger partial charge on any atom is 0.448 e. The van der Waals surface area contributed by atoms with Gasteiger partial charge in [0, 0.05) is 5.57 Å². The minimum Gasteiger partial charge on any atom is -0.489 e. The molecule has 0 fully saturated rings. The van der Waals surface area contributed by atoms with E-state index in [0.29, 0.717) is 12.0 Å². The summed E-state index contributed by atoms with van der Waals surface area (Å²) in [6.45, 7) is 1.38. The number of benzene rings is 2. The van der Waals surface area contributed by atoms with Crippen LogP contribution in [0.2, 0.25) is 0 Å². The summed E-state index contributed by atoms with van der Waals surface area (Å²) in [6, 6.07) is 17.5. The van der Waals surface area contributed by atoms with Gasteiger partial charge in [0.2, 0.25) is 5.76 Å². The molecule has 1 N–H and O–H groups in total. The van der Waals surface area contributed by atoms with Gasteiger partial charge in [-0.15, -0.1) is 0 Å². The molecule has 0 heterocycles. The Hall–Kier alpha value is -2.27. The van der Waals surface area contributed by atoms with Crippen molar-refractivity contribution in [1.82, 2.24) is 0 Å². The number of hydrogen-bond acceptors (Lipinski definition) is 2. The molecule has 0 amide bonds. The van der Waals surface area contributed by atoms with Crippen molar-refractivity contribution in [1.29, 1.82) is 0 Å². The van der Waals surface area contributed by atoms with Gasteiger partial charge in [0.25, 0.3) is 0 Å². The number of aliphatic hydroxyl groups is 1. The number of hydrogen-bond donors (Lipinski definition) is 1. The van der Waals surface area contributed by atoms with Crippen molar-refractivity contribution in [2.24, 2.45) is 0 Å². The minimum atomic E-state index is -4.65. The molecule has 2 aromatic rings. The van der Waals surface area contributed by atoms with Crippen LogP contribution in [-0.2, 0) is 11.2 Å². The topological polar surface area (TPSA) is 29.5 Å². The maximum absolute atomic E-state index is 13.5. The van der Waals surface area contributed by atoms with Crippen LogP contribution in [-0.4, -0.2) is 17.9 Å². The van der Waals surface area contributed by atoms with E-state index in [4.69, 9.17) is 4.74 Å². The molecule has 134 valence electrons. The second-order valence-electron chi connectivity index (χ2n) is 5.58. The first-order chi connectivity index (χ1) is 11.9. The number of aliphatic hydroxyl groups excluding tert-OH is 1. The average molecular weight is 350 g/mol. The van der Waals surface area contributed by atoms with Crippen LogP contribution in [0.4, 0.5) is 13.2 Å². The summed E-state index contributed by atoms with van der Waals surface area (Å²) >= 11 is 0. The molecule has 0 aliphatic rings. The Morgan fingerprint density at radius 2 is 1.56 bits per heavy atom. The van der Waals surface area contributed by atoms with Crippen molar-refractivity contribution >= 4 is 0 Å². The first-order valence-corrected chi connectivity index (χ1v) is 8.13. The Bertz CT molecular complexity index is 679. The molecule has 25 heavy (non-hydrogen) atoms. The molecule has 2 aromatic carbocycles. The molecule has 2 nitrogen and oxygen atoms in total. The molecule has 1 atom stereocenters. The van der Waals surface area contributed by atoms with E-state index in [1.807, 2.05) is 30.3 Å². The highest BCUT2D eigenvalue weighted by atomic mass is 19.4. The zero-order valence-corrected chi connectivity index (χ0v) is 14.0. The molecule has 0 radical (unpaired) electrons. The third-order valence-electron chi connectivity index (χ3n) is 3.81. The highest BCUT2D eigenvalue weighted by Gasteiger charge is 2.40. The van der Waals surface area contributed by atoms with E-state index in [1.165, 1.54) is 6.92 Å². The standard InChI is InChI=1S/C20H21F3O2/c1-2-25-19(20(21,22)23)17(14-13-15-9-5-3-6-10-15)18(24)16-11-7-4-8-12-16/h3-12,18,24H,2,13-14H2,1H3/b19-17-. The lowest BCUT2D eigenvalue weighted by Gasteiger charge is -2.22. The number of rotatable bonds is 7. The summed E-state index contributed by atoms with van der Waals surface area (Å²) in [6.07, 6.45) is -5.59. The largest absolute Gasteiger partial charge is 0.489 e. The molecule has 1 unspecified atom stereocenters. The molecular weight excluding hydrogens is 329 g/mol. The third kappa shape index (κ3) is 5.36. The number of alkyl halides is 3. The molecule has 2 rings (SSSR count). The summed E-state index contributed by atoms with van der Waals surface area (Å²) in [5.74, 6) is -1.10. The monoisotopic (exact) mass is 350 g/mol. The SMILES string of the molecule is CCO/C(=C(/CCc1ccccc1)C(O)c1ccccc1)C(F)(F)F. The molecule has 0 saturated heterocycles. The van der Waals surface area contributed by atoms with Gasteiger partial charge in [-0.2, -0.15) is 13.2 Å². The average Bonchev–Trinajstić information content (AvgIpc) is 2.61. The number of ether oxygens (including phenoxy) is 1. The fourth-order valence-corrected chi connectivity index (χ4v) is 2.64. The van der Waals surface area contributed by atoms with Crippen LogP contribution >= 0.6 is 0 Å². The lowest BCUT2D eigenvalue weighted by atomic mass is 9.94. The predicted molar refractivity (Wildman–Crippen MR) is 90.9 cm³/mol. The summed E-state index contributed by atoms with van der Waals surface area (Å²) in [4.78, 5) is 0. The van der Waals surface area contributed by atoms with Gasteiger partial charge >= 0.3 is 6.18 Å². The zero-order chi connectivity index (χ0) is 18.3. The molecule has 0 spiro atoms. The molecule has 0 bridgehead atoms. The van der Waals surface area contributed by atoms with Crippen molar-refractivity contribution < 1.29 is 23.0 Å². The maximum atomic E-state index is 13.5. The Morgan fingerprint density at radius 1 is 1.00 bits per heavy atom. The summed E-state index contributed by atoms with van der Waals surface area (Å²) in [7, 11) is 0. The second-order valence-corrected chi connectivity index (χ2v) is 5.58. The van der Waals surface area contributed by atoms with Crippen molar-refractivity contribution in [3.63, 3.8) is 0 Å². The molecule has 0 aliphatic heterocycles. The molecule has 0 aromatic heterocycles. The fraction of sp³-hybridized carbons (Fsp3) is 0.300. The van der Waals surface area contributed by atoms with Gasteiger partial charge in [-0.05, 0) is 30.9 Å². The quantitative estimate of drug-likeness (QED) is 0.695. The molecule has 0 saturated carbocycles. The van der Waals surface area contributed by atoms with E-state index in [2.05, 4.69) is 0 Å². The van der Waals surface area contributed by atoms with Crippen LogP contribution in [0.5, 0.6) is 0 Å². The van der Waals surface area contributed by atoms with Gasteiger partial charge in [0.1, 0.15) is 6.10 Å². The van der Waals surface area contributed by atoms with E-state index in [9.17, 15) is 18.3 Å². The highest BCUT2D eigenvalue weighted by Crippen LogP contribution is 2.36. The van der Waals surface area contributed by atoms with Gasteiger partial charge in [0.15, 0.2) is 0 Å². The summed E-state index contributed by atoms with van der Waals surface area (Å²) in [5.41, 5.74) is 1.16. The summed E-state index contributed by atoms with van der Waals surface area (Å²) in [5, 5.41) is 10.6. The highest BCUT2D eigenvalue weighted by molar-refractivity contribution is 5.30. The van der Waals surface area contributed by atoms with Gasteiger partial charge in [0.05, 0.1) is 6.61 Å². The van der Waals surface area contributed by atoms with Gasteiger partial charge < -0.3 is 9.84 Å². The van der Waals surface area contributed by atoms with E-state index >= 15 is 0 Å². The molecular formula is C20H21F3O2. The normalized spacial score (nSPS) is 14.0. The first-order valence-electron chi connectivity index (χ1n) is 8.13. The van der Waals surface area contributed by atoms with Crippen molar-refractivity contribution in [2.75, 3.05) is 6.61 Å². The lowest BCUT2D eigenvalue weighted by Crippen LogP contribution is -2.20. The Kier molecular flexibility index (Phi) is 6.65. The van der Waals surface area contributed by atoms with Crippen molar-refractivity contribution in [3.05, 3.63) is 83.1 Å². The van der Waals surface area contributed by atoms with Gasteiger partial charge in [-0.3, -0.25) is 0 Å². The number of aryl methyl sites for hydroxylation is 1. The van der Waals surface area contributed by atoms with Crippen LogP contribution in [0, 0.1) is 0 Å². The van der Waals surface area contributed by atoms with Crippen molar-refractivity contribution in [2.45, 2.75) is 32.0 Å². The molecule has 5 heteroatoms. The van der Waals surface area contributed by atoms with E-state index in [1.54, 1.807) is 30.3 Å². The minimum absolute atomic E-state index is 0.0505. The predicted octanol–water partition coefficient (Wildman–Crippen LogP) is 5.21. The fourth-order valence-electron chi connectivity index (χ4n) is 2.64. The van der Waals surface area contributed by atoms with E-state index in [-0.39, 0.29) is 18.6 Å². The number of allylic oxidation sites excluding steroid dienone is 1.